The maximum Gasteiger partial charge on any atom is 0.267 e. The van der Waals surface area contributed by atoms with Crippen molar-refractivity contribution in [2.24, 2.45) is 7.05 Å². The molecule has 152 valence electrons. The number of amides is 1. The van der Waals surface area contributed by atoms with E-state index in [1.165, 1.54) is 4.90 Å². The van der Waals surface area contributed by atoms with Crippen LogP contribution in [0.4, 0.5) is 26.2 Å². The van der Waals surface area contributed by atoms with E-state index in [2.05, 4.69) is 31.0 Å². The molecule has 3 heterocycles. The van der Waals surface area contributed by atoms with Crippen molar-refractivity contribution in [2.75, 3.05) is 36.8 Å². The van der Waals surface area contributed by atoms with E-state index < -0.39 is 12.5 Å². The second kappa shape index (κ2) is 8.46. The third-order valence-corrected chi connectivity index (χ3v) is 4.33. The Kier molecular flexibility index (Phi) is 6.02. The minimum atomic E-state index is -2.77. The third kappa shape index (κ3) is 5.59. The number of alkyl halides is 2. The van der Waals surface area contributed by atoms with Gasteiger partial charge in [0.1, 0.15) is 5.82 Å². The lowest BCUT2D eigenvalue weighted by molar-refractivity contribution is -0.130. The fourth-order valence-electron chi connectivity index (χ4n) is 2.78. The van der Waals surface area contributed by atoms with Gasteiger partial charge >= 0.3 is 0 Å². The molecule has 9 nitrogen and oxygen atoms in total. The molecular weight excluding hydrogens is 370 g/mol. The number of carbonyl (C=O) groups is 1. The fourth-order valence-corrected chi connectivity index (χ4v) is 2.78. The van der Waals surface area contributed by atoms with Crippen LogP contribution in [0.3, 0.4) is 0 Å². The second-order valence-electron chi connectivity index (χ2n) is 6.88. The van der Waals surface area contributed by atoms with Crippen LogP contribution in [0.15, 0.2) is 24.7 Å². The molecule has 1 atom stereocenters. The number of nitrogens with zero attached hydrogens (tertiary/aromatic N) is 5. The number of rotatable bonds is 8. The van der Waals surface area contributed by atoms with Gasteiger partial charge < -0.3 is 20.9 Å². The zero-order chi connectivity index (χ0) is 20.1. The van der Waals surface area contributed by atoms with E-state index in [-0.39, 0.29) is 31.5 Å². The minimum absolute atomic E-state index is 0.0243. The Morgan fingerprint density at radius 2 is 2.25 bits per heavy atom. The summed E-state index contributed by atoms with van der Waals surface area (Å²) in [5.74, 6) is -2.02. The molecule has 0 bridgehead atoms. The molecule has 0 aromatic carbocycles. The van der Waals surface area contributed by atoms with E-state index in [0.717, 1.165) is 5.69 Å². The average Bonchev–Trinajstić information content (AvgIpc) is 3.23. The average molecular weight is 394 g/mol. The number of hydrogen-bond donors (Lipinski definition) is 3. The molecule has 1 unspecified atom stereocenters. The van der Waals surface area contributed by atoms with Crippen molar-refractivity contribution in [2.45, 2.75) is 25.3 Å². The number of aromatic nitrogens is 4. The lowest BCUT2D eigenvalue weighted by Gasteiger charge is -2.19. The monoisotopic (exact) mass is 394 g/mol. The molecule has 3 N–H and O–H groups in total. The number of aryl methyl sites for hydroxylation is 1. The lowest BCUT2D eigenvalue weighted by atomic mass is 10.3. The van der Waals surface area contributed by atoms with Crippen LogP contribution in [0.2, 0.25) is 0 Å². The summed E-state index contributed by atoms with van der Waals surface area (Å²) in [6.07, 6.45) is 4.84. The van der Waals surface area contributed by atoms with Crippen LogP contribution in [0.1, 0.15) is 13.3 Å². The summed E-state index contributed by atoms with van der Waals surface area (Å²) in [4.78, 5) is 21.7. The Balaban J connectivity index is 1.42. The normalized spacial score (nSPS) is 16.8. The van der Waals surface area contributed by atoms with Crippen molar-refractivity contribution in [1.82, 2.24) is 30.0 Å². The standard InChI is InChI=1S/C17H24F2N8O/c1-12(21-9-15(28)27-6-4-17(18,19)11-27)7-22-14-3-5-20-16(25-14)24-13-8-23-26(2)10-13/h3,5,8,10,12,21H,4,6-7,9,11H2,1-2H3,(H2,20,22,24,25). The summed E-state index contributed by atoms with van der Waals surface area (Å²) in [5, 5.41) is 13.3. The second-order valence-corrected chi connectivity index (χ2v) is 6.88. The molecule has 11 heteroatoms. The third-order valence-electron chi connectivity index (χ3n) is 4.33. The molecule has 1 fully saturated rings. The van der Waals surface area contributed by atoms with Crippen molar-refractivity contribution in [3.8, 4) is 0 Å². The molecule has 28 heavy (non-hydrogen) atoms. The maximum absolute atomic E-state index is 13.2. The number of carbonyl (C=O) groups excluding carboxylic acids is 1. The van der Waals surface area contributed by atoms with Gasteiger partial charge in [0.15, 0.2) is 0 Å². The summed E-state index contributed by atoms with van der Waals surface area (Å²) in [5.41, 5.74) is 0.778. The van der Waals surface area contributed by atoms with Gasteiger partial charge in [-0.25, -0.2) is 13.8 Å². The maximum atomic E-state index is 13.2. The summed E-state index contributed by atoms with van der Waals surface area (Å²) in [6.45, 7) is 2.04. The molecule has 0 spiro atoms. The van der Waals surface area contributed by atoms with E-state index >= 15 is 0 Å². The quantitative estimate of drug-likeness (QED) is 0.619. The number of hydrogen-bond acceptors (Lipinski definition) is 7. The fraction of sp³-hybridized carbons (Fsp3) is 0.529. The molecule has 2 aromatic heterocycles. The van der Waals surface area contributed by atoms with Crippen molar-refractivity contribution in [3.63, 3.8) is 0 Å². The lowest BCUT2D eigenvalue weighted by Crippen LogP contribution is -2.42. The Bertz CT molecular complexity index is 812. The minimum Gasteiger partial charge on any atom is -0.368 e. The highest BCUT2D eigenvalue weighted by Gasteiger charge is 2.39. The van der Waals surface area contributed by atoms with Crippen molar-refractivity contribution in [3.05, 3.63) is 24.7 Å². The van der Waals surface area contributed by atoms with E-state index in [1.807, 2.05) is 20.2 Å². The molecule has 1 aliphatic heterocycles. The molecule has 3 rings (SSSR count). The SMILES string of the molecule is CC(CNc1ccnc(Nc2cnn(C)c2)n1)NCC(=O)N1CCC(F)(F)C1. The number of halogens is 2. The predicted molar refractivity (Wildman–Crippen MR) is 101 cm³/mol. The van der Waals surface area contributed by atoms with Crippen molar-refractivity contribution in [1.29, 1.82) is 0 Å². The molecule has 0 radical (unpaired) electrons. The molecule has 0 aliphatic carbocycles. The summed E-state index contributed by atoms with van der Waals surface area (Å²) in [6, 6.07) is 1.68. The molecule has 2 aromatic rings. The van der Waals surface area contributed by atoms with Crippen molar-refractivity contribution < 1.29 is 13.6 Å². The Morgan fingerprint density at radius 1 is 1.43 bits per heavy atom. The zero-order valence-corrected chi connectivity index (χ0v) is 15.8. The van der Waals surface area contributed by atoms with E-state index in [1.54, 1.807) is 23.1 Å². The van der Waals surface area contributed by atoms with Crippen LogP contribution in [0, 0.1) is 0 Å². The van der Waals surface area contributed by atoms with E-state index in [4.69, 9.17) is 0 Å². The summed E-state index contributed by atoms with van der Waals surface area (Å²) in [7, 11) is 1.82. The van der Waals surface area contributed by atoms with Gasteiger partial charge in [-0.3, -0.25) is 9.48 Å². The van der Waals surface area contributed by atoms with Gasteiger partial charge in [-0.1, -0.05) is 0 Å². The van der Waals surface area contributed by atoms with Crippen LogP contribution >= 0.6 is 0 Å². The highest BCUT2D eigenvalue weighted by Crippen LogP contribution is 2.26. The van der Waals surface area contributed by atoms with Gasteiger partial charge in [-0.05, 0) is 13.0 Å². The van der Waals surface area contributed by atoms with Gasteiger partial charge in [0, 0.05) is 45.0 Å². The van der Waals surface area contributed by atoms with E-state index in [9.17, 15) is 13.6 Å². The first-order chi connectivity index (χ1) is 13.3. The molecular formula is C17H24F2N8O. The zero-order valence-electron chi connectivity index (χ0n) is 15.8. The first-order valence-electron chi connectivity index (χ1n) is 9.02. The van der Waals surface area contributed by atoms with Gasteiger partial charge in [0.05, 0.1) is 25.0 Å². The van der Waals surface area contributed by atoms with Gasteiger partial charge in [-0.15, -0.1) is 0 Å². The summed E-state index contributed by atoms with van der Waals surface area (Å²) < 4.78 is 28.0. The van der Waals surface area contributed by atoms with Gasteiger partial charge in [0.2, 0.25) is 11.9 Å². The van der Waals surface area contributed by atoms with Crippen LogP contribution < -0.4 is 16.0 Å². The molecule has 1 aliphatic rings. The number of likely N-dealkylation sites (tertiary alicyclic amines) is 1. The first-order valence-corrected chi connectivity index (χ1v) is 9.02. The Labute approximate surface area is 161 Å². The molecule has 1 saturated heterocycles. The highest BCUT2D eigenvalue weighted by atomic mass is 19.3. The van der Waals surface area contributed by atoms with Crippen LogP contribution in [-0.4, -0.2) is 68.7 Å². The van der Waals surface area contributed by atoms with Crippen LogP contribution in [0.5, 0.6) is 0 Å². The largest absolute Gasteiger partial charge is 0.368 e. The first kappa shape index (κ1) is 19.9. The predicted octanol–water partition coefficient (Wildman–Crippen LogP) is 1.21. The number of nitrogens with one attached hydrogen (secondary N) is 3. The van der Waals surface area contributed by atoms with Gasteiger partial charge in [-0.2, -0.15) is 10.1 Å². The smallest absolute Gasteiger partial charge is 0.267 e. The molecule has 0 saturated carbocycles. The van der Waals surface area contributed by atoms with E-state index in [0.29, 0.717) is 18.3 Å². The van der Waals surface area contributed by atoms with Crippen LogP contribution in [0.25, 0.3) is 0 Å². The van der Waals surface area contributed by atoms with Crippen molar-refractivity contribution >= 4 is 23.4 Å². The molecule has 1 amide bonds. The highest BCUT2D eigenvalue weighted by molar-refractivity contribution is 5.78. The van der Waals surface area contributed by atoms with Crippen LogP contribution in [-0.2, 0) is 11.8 Å². The topological polar surface area (TPSA) is 100 Å². The Morgan fingerprint density at radius 3 is 2.93 bits per heavy atom. The summed E-state index contributed by atoms with van der Waals surface area (Å²) >= 11 is 0. The number of anilines is 3. The van der Waals surface area contributed by atoms with Gasteiger partial charge in [0.25, 0.3) is 5.92 Å². The Hall–Kier alpha value is -2.82.